The predicted molar refractivity (Wildman–Crippen MR) is 117 cm³/mol. The van der Waals surface area contributed by atoms with Crippen molar-refractivity contribution < 1.29 is 5.11 Å². The molecule has 6 rings (SSSR count). The monoisotopic (exact) mass is 397 g/mol. The maximum absolute atomic E-state index is 11.3. The molecule has 3 aliphatic carbocycles. The summed E-state index contributed by atoms with van der Waals surface area (Å²) in [6.07, 6.45) is 5.67. The Bertz CT molecular complexity index is 1150. The van der Waals surface area contributed by atoms with E-state index in [9.17, 15) is 5.11 Å². The number of fused-ring (bicyclic) bond motifs is 3. The Balaban J connectivity index is 1.43. The fourth-order valence-corrected chi connectivity index (χ4v) is 6.79. The van der Waals surface area contributed by atoms with Crippen LogP contribution >= 0.6 is 0 Å². The van der Waals surface area contributed by atoms with Gasteiger partial charge in [-0.3, -0.25) is 4.68 Å². The highest BCUT2D eigenvalue weighted by molar-refractivity contribution is 5.57. The van der Waals surface area contributed by atoms with Gasteiger partial charge in [0, 0.05) is 11.5 Å². The van der Waals surface area contributed by atoms with Crippen LogP contribution < -0.4 is 0 Å². The van der Waals surface area contributed by atoms with Crippen molar-refractivity contribution in [3.63, 3.8) is 0 Å². The van der Waals surface area contributed by atoms with Gasteiger partial charge in [-0.05, 0) is 66.2 Å². The normalized spacial score (nSPS) is 31.6. The lowest BCUT2D eigenvalue weighted by Gasteiger charge is -2.42. The molecule has 1 spiro atoms. The molecule has 4 atom stereocenters. The van der Waals surface area contributed by atoms with Gasteiger partial charge in [0.15, 0.2) is 0 Å². The van der Waals surface area contributed by atoms with Crippen molar-refractivity contribution in [1.29, 1.82) is 0 Å². The molecule has 4 heteroatoms. The van der Waals surface area contributed by atoms with Crippen LogP contribution in [-0.2, 0) is 6.54 Å². The van der Waals surface area contributed by atoms with E-state index in [1.807, 2.05) is 22.9 Å². The fraction of sp³-hybridized carbons (Fsp3) is 0.385. The van der Waals surface area contributed by atoms with Crippen LogP contribution in [0.4, 0.5) is 0 Å². The molecule has 1 N–H and O–H groups in total. The van der Waals surface area contributed by atoms with Gasteiger partial charge < -0.3 is 5.11 Å². The molecule has 1 aromatic heterocycles. The number of aromatic nitrogens is 3. The first-order valence-corrected chi connectivity index (χ1v) is 11.0. The number of hydrogen-bond acceptors (Lipinski definition) is 3. The van der Waals surface area contributed by atoms with Crippen LogP contribution in [0.3, 0.4) is 0 Å². The first kappa shape index (κ1) is 18.1. The van der Waals surface area contributed by atoms with Crippen LogP contribution in [0.2, 0.25) is 0 Å². The van der Waals surface area contributed by atoms with E-state index in [-0.39, 0.29) is 5.41 Å². The average Bonchev–Trinajstić information content (AvgIpc) is 3.36. The molecule has 30 heavy (non-hydrogen) atoms. The molecule has 0 aliphatic heterocycles. The first-order chi connectivity index (χ1) is 14.5. The molecule has 0 saturated heterocycles. The number of hydrogen-bond donors (Lipinski definition) is 1. The highest BCUT2D eigenvalue weighted by Gasteiger charge is 2.64. The fourth-order valence-electron chi connectivity index (χ4n) is 6.79. The van der Waals surface area contributed by atoms with E-state index in [0.717, 1.165) is 49.1 Å². The lowest BCUT2D eigenvalue weighted by molar-refractivity contribution is 0.00371. The second-order valence-electron chi connectivity index (χ2n) is 9.64. The number of aryl methyl sites for hydroxylation is 1. The van der Waals surface area contributed by atoms with E-state index >= 15 is 0 Å². The summed E-state index contributed by atoms with van der Waals surface area (Å²) in [4.78, 5) is 0. The van der Waals surface area contributed by atoms with Gasteiger partial charge in [0.2, 0.25) is 0 Å². The van der Waals surface area contributed by atoms with Crippen molar-refractivity contribution in [3.8, 4) is 11.3 Å². The molecule has 3 aliphatic rings. The zero-order chi connectivity index (χ0) is 20.5. The zero-order valence-electron chi connectivity index (χ0n) is 17.4. The summed E-state index contributed by atoms with van der Waals surface area (Å²) in [6, 6.07) is 17.0. The lowest BCUT2D eigenvalue weighted by Crippen LogP contribution is -2.39. The van der Waals surface area contributed by atoms with Gasteiger partial charge in [0.25, 0.3) is 0 Å². The highest BCUT2D eigenvalue weighted by Crippen LogP contribution is 2.71. The van der Waals surface area contributed by atoms with E-state index in [4.69, 9.17) is 0 Å². The van der Waals surface area contributed by atoms with Gasteiger partial charge in [-0.25, -0.2) is 0 Å². The van der Waals surface area contributed by atoms with E-state index in [1.54, 1.807) is 0 Å². The summed E-state index contributed by atoms with van der Waals surface area (Å²) in [5.41, 5.74) is 6.68. The molecule has 3 aromatic rings. The Kier molecular flexibility index (Phi) is 3.70. The minimum atomic E-state index is -0.692. The Morgan fingerprint density at radius 3 is 2.83 bits per heavy atom. The second-order valence-corrected chi connectivity index (χ2v) is 9.64. The molecule has 152 valence electrons. The van der Waals surface area contributed by atoms with Crippen LogP contribution in [0.1, 0.15) is 54.2 Å². The van der Waals surface area contributed by atoms with Crippen molar-refractivity contribution in [3.05, 3.63) is 83.6 Å². The van der Waals surface area contributed by atoms with Crippen molar-refractivity contribution in [1.82, 2.24) is 15.0 Å². The summed E-state index contributed by atoms with van der Waals surface area (Å²) in [7, 11) is 0. The molecule has 1 heterocycles. The molecular weight excluding hydrogens is 370 g/mol. The predicted octanol–water partition coefficient (Wildman–Crippen LogP) is 5.00. The molecule has 2 saturated carbocycles. The second kappa shape index (κ2) is 6.14. The van der Waals surface area contributed by atoms with Gasteiger partial charge in [0.05, 0.1) is 18.3 Å². The van der Waals surface area contributed by atoms with E-state index in [2.05, 4.69) is 60.3 Å². The minimum Gasteiger partial charge on any atom is -0.386 e. The molecule has 2 fully saturated rings. The lowest BCUT2D eigenvalue weighted by atomic mass is 9.63. The average molecular weight is 398 g/mol. The highest BCUT2D eigenvalue weighted by atomic mass is 16.3. The summed E-state index contributed by atoms with van der Waals surface area (Å²) >= 11 is 0. The topological polar surface area (TPSA) is 50.9 Å². The van der Waals surface area contributed by atoms with Gasteiger partial charge in [-0.1, -0.05) is 60.3 Å². The van der Waals surface area contributed by atoms with Gasteiger partial charge >= 0.3 is 0 Å². The maximum Gasteiger partial charge on any atom is 0.113 e. The molecule has 2 aromatic carbocycles. The standard InChI is InChI=1S/C26H27N3O/c1-17-7-6-10-20-21-11-12-26(30)16-25(21,13-18(26)2)22(24(17)20)14-29-15-23(27-28-29)19-8-4-3-5-9-19/h3-10,15,21-22,30H,2,11-14,16H2,1H3/t21-,22-,25-,26-/m0/s1. The van der Waals surface area contributed by atoms with Gasteiger partial charge in [0.1, 0.15) is 5.69 Å². The van der Waals surface area contributed by atoms with Crippen LogP contribution in [0, 0.1) is 12.3 Å². The first-order valence-electron chi connectivity index (χ1n) is 11.0. The summed E-state index contributed by atoms with van der Waals surface area (Å²) in [5.74, 6) is 0.809. The smallest absolute Gasteiger partial charge is 0.113 e. The third-order valence-electron chi connectivity index (χ3n) is 8.12. The molecule has 0 amide bonds. The van der Waals surface area contributed by atoms with Crippen LogP contribution in [0.25, 0.3) is 11.3 Å². The Hall–Kier alpha value is -2.72. The third-order valence-corrected chi connectivity index (χ3v) is 8.12. The van der Waals surface area contributed by atoms with E-state index in [0.29, 0.717) is 11.8 Å². The Morgan fingerprint density at radius 1 is 1.17 bits per heavy atom. The summed E-state index contributed by atoms with van der Waals surface area (Å²) < 4.78 is 2.01. The quantitative estimate of drug-likeness (QED) is 0.633. The number of benzene rings is 2. The molecule has 0 radical (unpaired) electrons. The van der Waals surface area contributed by atoms with Crippen molar-refractivity contribution >= 4 is 0 Å². The summed E-state index contributed by atoms with van der Waals surface area (Å²) in [5, 5.41) is 20.2. The van der Waals surface area contributed by atoms with Gasteiger partial charge in [-0.15, -0.1) is 5.10 Å². The van der Waals surface area contributed by atoms with Crippen molar-refractivity contribution in [2.75, 3.05) is 0 Å². The van der Waals surface area contributed by atoms with Crippen molar-refractivity contribution in [2.24, 2.45) is 5.41 Å². The Labute approximate surface area is 177 Å². The van der Waals surface area contributed by atoms with Crippen molar-refractivity contribution in [2.45, 2.75) is 56.6 Å². The molecule has 4 nitrogen and oxygen atoms in total. The minimum absolute atomic E-state index is 0.0391. The largest absolute Gasteiger partial charge is 0.386 e. The van der Waals surface area contributed by atoms with Crippen LogP contribution in [0.15, 0.2) is 66.9 Å². The third kappa shape index (κ3) is 2.37. The number of nitrogens with zero attached hydrogens (tertiary/aromatic N) is 3. The molecule has 0 unspecified atom stereocenters. The molecule has 2 bridgehead atoms. The number of rotatable bonds is 3. The maximum atomic E-state index is 11.3. The molecular formula is C26H27N3O. The van der Waals surface area contributed by atoms with Crippen LogP contribution in [0.5, 0.6) is 0 Å². The van der Waals surface area contributed by atoms with E-state index in [1.165, 1.54) is 16.7 Å². The van der Waals surface area contributed by atoms with E-state index < -0.39 is 5.60 Å². The summed E-state index contributed by atoms with van der Waals surface area (Å²) in [6.45, 7) is 7.33. The van der Waals surface area contributed by atoms with Crippen LogP contribution in [-0.4, -0.2) is 25.7 Å². The number of aliphatic hydroxyl groups is 1. The van der Waals surface area contributed by atoms with Gasteiger partial charge in [-0.2, -0.15) is 0 Å². The zero-order valence-corrected chi connectivity index (χ0v) is 17.4. The Morgan fingerprint density at radius 2 is 2.00 bits per heavy atom. The SMILES string of the molecule is C=C1C[C@]23C[C@@]1(O)CC[C@H]2c1cccc(C)c1[C@@H]3Cn1cc(-c2ccccc2)nn1.